The number of carbonyl (C=O) groups excluding carboxylic acids is 1. The van der Waals surface area contributed by atoms with Crippen molar-refractivity contribution in [1.29, 1.82) is 0 Å². The van der Waals surface area contributed by atoms with Gasteiger partial charge in [-0.15, -0.1) is 12.4 Å². The van der Waals surface area contributed by atoms with Gasteiger partial charge in [-0.2, -0.15) is 0 Å². The first-order chi connectivity index (χ1) is 12.1. The van der Waals surface area contributed by atoms with Crippen LogP contribution in [-0.4, -0.2) is 66.2 Å². The summed E-state index contributed by atoms with van der Waals surface area (Å²) in [5.41, 5.74) is 1.79. The predicted molar refractivity (Wildman–Crippen MR) is 105 cm³/mol. The van der Waals surface area contributed by atoms with Gasteiger partial charge in [-0.05, 0) is 72.1 Å². The van der Waals surface area contributed by atoms with Crippen molar-refractivity contribution in [2.75, 3.05) is 39.3 Å². The quantitative estimate of drug-likeness (QED) is 0.781. The molecule has 0 radical (unpaired) electrons. The molecule has 1 aromatic heterocycles. The summed E-state index contributed by atoms with van der Waals surface area (Å²) in [6.07, 6.45) is 6.35. The highest BCUT2D eigenvalue weighted by molar-refractivity contribution is 5.85. The van der Waals surface area contributed by atoms with Crippen LogP contribution in [0.2, 0.25) is 0 Å². The molecule has 3 heterocycles. The normalized spacial score (nSPS) is 20.8. The van der Waals surface area contributed by atoms with Gasteiger partial charge in [0.2, 0.25) is 5.91 Å². The summed E-state index contributed by atoms with van der Waals surface area (Å²) >= 11 is 0. The van der Waals surface area contributed by atoms with Crippen molar-refractivity contribution in [3.05, 3.63) is 17.0 Å². The Morgan fingerprint density at radius 1 is 1.31 bits per heavy atom. The van der Waals surface area contributed by atoms with Crippen LogP contribution in [0.15, 0.2) is 4.52 Å². The molecular formula is C19H33ClN4O2. The Labute approximate surface area is 163 Å². The van der Waals surface area contributed by atoms with E-state index >= 15 is 0 Å². The first kappa shape index (κ1) is 21.2. The zero-order valence-electron chi connectivity index (χ0n) is 16.1. The zero-order valence-corrected chi connectivity index (χ0v) is 16.9. The second-order valence-corrected chi connectivity index (χ2v) is 7.47. The van der Waals surface area contributed by atoms with Crippen LogP contribution in [0.5, 0.6) is 0 Å². The van der Waals surface area contributed by atoms with Gasteiger partial charge < -0.3 is 19.6 Å². The molecule has 1 unspecified atom stereocenters. The van der Waals surface area contributed by atoms with E-state index in [1.54, 1.807) is 0 Å². The molecule has 6 nitrogen and oxygen atoms in total. The highest BCUT2D eigenvalue weighted by atomic mass is 35.5. The first-order valence-electron chi connectivity index (χ1n) is 9.79. The van der Waals surface area contributed by atoms with Gasteiger partial charge in [0, 0.05) is 24.7 Å². The lowest BCUT2D eigenvalue weighted by Crippen LogP contribution is -2.50. The molecule has 0 aliphatic carbocycles. The SMILES string of the molecule is Cc1noc(C)c1CC(=O)N(CCCN1CCCC1)C1CCCNC1.Cl. The molecule has 148 valence electrons. The van der Waals surface area contributed by atoms with Crippen molar-refractivity contribution in [3.8, 4) is 0 Å². The number of hydrogen-bond acceptors (Lipinski definition) is 5. The standard InChI is InChI=1S/C19H32N4O2.ClH/c1-15-18(16(2)25-21-15)13-19(24)23(17-7-5-8-20-14-17)12-6-11-22-9-3-4-10-22;/h17,20H,3-14H2,1-2H3;1H. The van der Waals surface area contributed by atoms with Gasteiger partial charge >= 0.3 is 0 Å². The summed E-state index contributed by atoms with van der Waals surface area (Å²) in [6, 6.07) is 0.320. The monoisotopic (exact) mass is 384 g/mol. The van der Waals surface area contributed by atoms with Crippen molar-refractivity contribution in [2.45, 2.75) is 58.4 Å². The minimum Gasteiger partial charge on any atom is -0.361 e. The lowest BCUT2D eigenvalue weighted by Gasteiger charge is -2.35. The Morgan fingerprint density at radius 3 is 2.69 bits per heavy atom. The molecule has 1 atom stereocenters. The van der Waals surface area contributed by atoms with E-state index < -0.39 is 0 Å². The van der Waals surface area contributed by atoms with Crippen molar-refractivity contribution < 1.29 is 9.32 Å². The van der Waals surface area contributed by atoms with Crippen molar-refractivity contribution >= 4 is 18.3 Å². The zero-order chi connectivity index (χ0) is 17.6. The number of nitrogens with zero attached hydrogens (tertiary/aromatic N) is 3. The third-order valence-electron chi connectivity index (χ3n) is 5.61. The van der Waals surface area contributed by atoms with E-state index in [1.807, 2.05) is 13.8 Å². The van der Waals surface area contributed by atoms with Crippen LogP contribution in [0.4, 0.5) is 0 Å². The molecule has 2 fully saturated rings. The van der Waals surface area contributed by atoms with Crippen LogP contribution in [-0.2, 0) is 11.2 Å². The third kappa shape index (κ3) is 5.44. The van der Waals surface area contributed by atoms with Crippen LogP contribution in [0.25, 0.3) is 0 Å². The lowest BCUT2D eigenvalue weighted by molar-refractivity contribution is -0.133. The smallest absolute Gasteiger partial charge is 0.227 e. The molecule has 2 saturated heterocycles. The number of carbonyl (C=O) groups is 1. The lowest BCUT2D eigenvalue weighted by atomic mass is 10.0. The number of amides is 1. The molecule has 7 heteroatoms. The highest BCUT2D eigenvalue weighted by Crippen LogP contribution is 2.18. The van der Waals surface area contributed by atoms with E-state index in [2.05, 4.69) is 20.3 Å². The number of rotatable bonds is 7. The number of halogens is 1. The van der Waals surface area contributed by atoms with Gasteiger partial charge in [0.05, 0.1) is 12.1 Å². The molecule has 0 spiro atoms. The number of nitrogens with one attached hydrogen (secondary N) is 1. The number of likely N-dealkylation sites (tertiary alicyclic amines) is 1. The van der Waals surface area contributed by atoms with Gasteiger partial charge in [0.25, 0.3) is 0 Å². The fourth-order valence-corrected chi connectivity index (χ4v) is 4.09. The Morgan fingerprint density at radius 2 is 2.08 bits per heavy atom. The number of hydrogen-bond donors (Lipinski definition) is 1. The molecule has 1 N–H and O–H groups in total. The van der Waals surface area contributed by atoms with Gasteiger partial charge in [-0.1, -0.05) is 5.16 Å². The highest BCUT2D eigenvalue weighted by Gasteiger charge is 2.27. The molecule has 2 aliphatic rings. The summed E-state index contributed by atoms with van der Waals surface area (Å²) < 4.78 is 5.23. The Balaban J connectivity index is 0.00000243. The Kier molecular flexibility index (Phi) is 8.38. The maximum atomic E-state index is 13.1. The average molecular weight is 385 g/mol. The molecular weight excluding hydrogens is 352 g/mol. The molecule has 2 aliphatic heterocycles. The average Bonchev–Trinajstić information content (AvgIpc) is 3.25. The fourth-order valence-electron chi connectivity index (χ4n) is 4.09. The summed E-state index contributed by atoms with van der Waals surface area (Å²) in [4.78, 5) is 17.7. The Bertz CT molecular complexity index is 546. The van der Waals surface area contributed by atoms with Gasteiger partial charge in [-0.3, -0.25) is 4.79 Å². The second kappa shape index (κ2) is 10.3. The van der Waals surface area contributed by atoms with E-state index in [0.717, 1.165) is 62.5 Å². The molecule has 0 aromatic carbocycles. The summed E-state index contributed by atoms with van der Waals surface area (Å²) in [6.45, 7) is 10.2. The number of aromatic nitrogens is 1. The molecule has 0 bridgehead atoms. The predicted octanol–water partition coefficient (Wildman–Crippen LogP) is 2.32. The molecule has 26 heavy (non-hydrogen) atoms. The van der Waals surface area contributed by atoms with Crippen LogP contribution in [0, 0.1) is 13.8 Å². The van der Waals surface area contributed by atoms with Gasteiger partial charge in [-0.25, -0.2) is 0 Å². The van der Waals surface area contributed by atoms with Crippen molar-refractivity contribution in [3.63, 3.8) is 0 Å². The fraction of sp³-hybridized carbons (Fsp3) is 0.789. The van der Waals surface area contributed by atoms with Crippen LogP contribution < -0.4 is 5.32 Å². The minimum atomic E-state index is 0. The van der Waals surface area contributed by atoms with E-state index in [9.17, 15) is 4.79 Å². The summed E-state index contributed by atoms with van der Waals surface area (Å²) in [5, 5.41) is 7.44. The van der Waals surface area contributed by atoms with Crippen molar-refractivity contribution in [1.82, 2.24) is 20.3 Å². The van der Waals surface area contributed by atoms with Crippen LogP contribution in [0.3, 0.4) is 0 Å². The van der Waals surface area contributed by atoms with E-state index in [-0.39, 0.29) is 18.3 Å². The molecule has 0 saturated carbocycles. The summed E-state index contributed by atoms with van der Waals surface area (Å²) in [7, 11) is 0. The van der Waals surface area contributed by atoms with Crippen molar-refractivity contribution in [2.24, 2.45) is 0 Å². The molecule has 3 rings (SSSR count). The van der Waals surface area contributed by atoms with Crippen LogP contribution in [0.1, 0.15) is 49.1 Å². The maximum absolute atomic E-state index is 13.1. The Hall–Kier alpha value is -1.11. The molecule has 1 aromatic rings. The van der Waals surface area contributed by atoms with Crippen LogP contribution >= 0.6 is 12.4 Å². The molecule has 1 amide bonds. The van der Waals surface area contributed by atoms with E-state index in [4.69, 9.17) is 4.52 Å². The van der Waals surface area contributed by atoms with Gasteiger partial charge in [0.1, 0.15) is 5.76 Å². The number of piperidine rings is 1. The van der Waals surface area contributed by atoms with E-state index in [1.165, 1.54) is 25.9 Å². The second-order valence-electron chi connectivity index (χ2n) is 7.47. The minimum absolute atomic E-state index is 0. The maximum Gasteiger partial charge on any atom is 0.227 e. The third-order valence-corrected chi connectivity index (χ3v) is 5.61. The first-order valence-corrected chi connectivity index (χ1v) is 9.79. The largest absolute Gasteiger partial charge is 0.361 e. The number of aryl methyl sites for hydroxylation is 2. The summed E-state index contributed by atoms with van der Waals surface area (Å²) in [5.74, 6) is 0.981. The van der Waals surface area contributed by atoms with E-state index in [0.29, 0.717) is 12.5 Å². The van der Waals surface area contributed by atoms with Gasteiger partial charge in [0.15, 0.2) is 0 Å². The topological polar surface area (TPSA) is 61.6 Å².